The summed E-state index contributed by atoms with van der Waals surface area (Å²) in [6.07, 6.45) is 21.4. The Kier molecular flexibility index (Phi) is 14.7. The number of imidazole rings is 3. The Morgan fingerprint density at radius 2 is 0.850 bits per heavy atom. The Hall–Kier alpha value is -12.3. The fraction of sp³-hybridized carbons (Fsp3) is 0.250. The third-order valence-electron chi connectivity index (χ3n) is 23.7. The van der Waals surface area contributed by atoms with E-state index in [4.69, 9.17) is 77.2 Å². The van der Waals surface area contributed by atoms with Gasteiger partial charge in [0.05, 0.1) is 40.7 Å². The Labute approximate surface area is 673 Å². The summed E-state index contributed by atoms with van der Waals surface area (Å²) in [7, 11) is 0. The lowest BCUT2D eigenvalue weighted by Crippen LogP contribution is -2.54. The Morgan fingerprint density at radius 3 is 1.29 bits per heavy atom. The molecule has 7 aromatic heterocycles. The van der Waals surface area contributed by atoms with Crippen LogP contribution >= 0.6 is 0 Å². The normalized spacial score (nSPS) is 24.4. The first-order valence-electron chi connectivity index (χ1n) is 51.5. The highest BCUT2D eigenvalue weighted by Gasteiger charge is 2.60. The first-order chi connectivity index (χ1) is 66.6. The summed E-state index contributed by atoms with van der Waals surface area (Å²) in [5.74, 6) is 4.09. The molecule has 1 fully saturated rings. The number of ketones is 2. The van der Waals surface area contributed by atoms with E-state index in [9.17, 15) is 9.59 Å². The molecule has 0 saturated heterocycles. The van der Waals surface area contributed by atoms with Gasteiger partial charge in [-0.2, -0.15) is 0 Å². The summed E-state index contributed by atoms with van der Waals surface area (Å²) in [5.41, 5.74) is 16.6. The predicted octanol–water partition coefficient (Wildman–Crippen LogP) is 22.8. The smallest absolute Gasteiger partial charge is 0.282 e. The number of pyridine rings is 3. The molecule has 107 heavy (non-hydrogen) atoms. The Balaban J connectivity index is 0. The summed E-state index contributed by atoms with van der Waals surface area (Å²) < 4.78 is 163. The highest BCUT2D eigenvalue weighted by Crippen LogP contribution is 2.60. The van der Waals surface area contributed by atoms with Gasteiger partial charge in [0, 0.05) is 169 Å². The second kappa shape index (κ2) is 29.0. The number of hydrogen-bond donors (Lipinski definition) is 0. The fourth-order valence-electron chi connectivity index (χ4n) is 19.1. The van der Waals surface area contributed by atoms with Crippen LogP contribution in [-0.2, 0) is 51.5 Å². The molecule has 1 saturated carbocycles. The number of Topliss-reactive ketones (excluding diaryl/α,β-unsaturated/α-hetero) is 2. The lowest BCUT2D eigenvalue weighted by Gasteiger charge is -2.49. The highest BCUT2D eigenvalue weighted by atomic mass is 16.5. The Bertz CT molecular complexity index is 5590. The van der Waals surface area contributed by atoms with Gasteiger partial charge in [0.1, 0.15) is 23.2 Å². The van der Waals surface area contributed by atoms with Crippen molar-refractivity contribution in [1.29, 1.82) is 0 Å². The van der Waals surface area contributed by atoms with E-state index in [1.807, 2.05) is 123 Å². The first kappa shape index (κ1) is 54.3. The van der Waals surface area contributed by atoms with E-state index in [-0.39, 0.29) is 68.5 Å². The van der Waals surface area contributed by atoms with Gasteiger partial charge in [-0.3, -0.25) is 33.4 Å². The van der Waals surface area contributed by atoms with Gasteiger partial charge in [-0.05, 0) is 152 Å². The number of hydrogen-bond acceptors (Lipinski definition) is 10. The van der Waals surface area contributed by atoms with E-state index < -0.39 is 16.9 Å². The van der Waals surface area contributed by atoms with Crippen LogP contribution in [-0.4, -0.2) is 66.4 Å². The maximum Gasteiger partial charge on any atom is 0.282 e. The van der Waals surface area contributed by atoms with E-state index >= 15 is 0 Å². The molecule has 6 aliphatic carbocycles. The van der Waals surface area contributed by atoms with Crippen LogP contribution in [0.25, 0.3) is 60.9 Å². The lowest BCUT2D eigenvalue weighted by molar-refractivity contribution is -0.129. The largest absolute Gasteiger partial charge is 0.361 e. The van der Waals surface area contributed by atoms with Gasteiger partial charge in [0.25, 0.3) is 6.04 Å². The molecule has 562 valence electrons. The van der Waals surface area contributed by atoms with Crippen LogP contribution in [0.15, 0.2) is 278 Å². The number of rotatable bonds is 9. The quantitative estimate of drug-likeness (QED) is 0.127. The predicted molar refractivity (Wildman–Crippen MR) is 451 cm³/mol. The van der Waals surface area contributed by atoms with Crippen molar-refractivity contribution in [2.45, 2.75) is 115 Å². The average molecular weight is 1500 g/mol. The van der Waals surface area contributed by atoms with Crippen molar-refractivity contribution in [1.82, 2.24) is 48.8 Å². The van der Waals surface area contributed by atoms with Gasteiger partial charge >= 0.3 is 0 Å². The van der Waals surface area contributed by atoms with Gasteiger partial charge in [-0.1, -0.05) is 192 Å². The summed E-state index contributed by atoms with van der Waals surface area (Å²) >= 11 is 0. The number of carbonyl (C=O) groups is 2. The minimum Gasteiger partial charge on any atom is -0.361 e. The second-order valence-electron chi connectivity index (χ2n) is 28.8. The fourth-order valence-corrected chi connectivity index (χ4v) is 19.1. The van der Waals surface area contributed by atoms with Crippen LogP contribution < -0.4 is 0 Å². The molecular weight excluding hydrogens is 1320 g/mol. The molecule has 0 aliphatic heterocycles. The van der Waals surface area contributed by atoms with Crippen molar-refractivity contribution in [3.05, 3.63) is 359 Å². The SMILES string of the molecule is C.C.C[C@@H]1c2oncc2C[C@]2(c3ccccc3)c3nc(-c4ccncc4)n(-c4ccccc4)c3CC[C@@H]12.[3HH].[3H][3H].[3H][3H].[3H][3H].[3H][3H].[3H][3H].[3H][3H].[3H][3H].[3H][3H].[3H][3H].[3H][3H].[3H][3H].[3H][3H].[3H][3H].[3H][3H].[3H][3H].[C-]#[N+]C1=C[C@]2(c3ccccc3)c3nc(-c4ccncc4)n(-c4ccccc4)c3CC[C@H]2[C@H](C)C1=O.[C-]#[N+]C1C[C@]2(c3ccccc3)c3nc(-c4ccncc4)n(-c4ccccc4)c3CC[C@H]2[C@H](C)C1=O. The van der Waals surface area contributed by atoms with Crippen LogP contribution in [0.5, 0.6) is 0 Å². The molecule has 6 aromatic carbocycles. The van der Waals surface area contributed by atoms with E-state index in [0.29, 0.717) is 12.3 Å². The van der Waals surface area contributed by atoms with Crippen molar-refractivity contribution in [3.8, 4) is 51.2 Å². The van der Waals surface area contributed by atoms with Crippen LogP contribution in [0, 0.1) is 42.7 Å². The van der Waals surface area contributed by atoms with Crippen molar-refractivity contribution in [3.63, 3.8) is 0 Å². The maximum absolute atomic E-state index is 13.2. The number of benzene rings is 6. The first-order valence-corrected chi connectivity index (χ1v) is 36.5. The molecule has 6 aliphatic rings. The van der Waals surface area contributed by atoms with Crippen molar-refractivity contribution in [2.75, 3.05) is 0 Å². The van der Waals surface area contributed by atoms with E-state index in [0.717, 1.165) is 130 Å². The lowest BCUT2D eigenvalue weighted by atomic mass is 9.52. The van der Waals surface area contributed by atoms with Crippen LogP contribution in [0.2, 0.25) is 0 Å². The van der Waals surface area contributed by atoms with Crippen molar-refractivity contribution >= 4 is 11.6 Å². The summed E-state index contributed by atoms with van der Waals surface area (Å²) in [6.45, 7) is 21.9. The molecule has 1 unspecified atom stereocenters. The molecule has 19 rings (SSSR count). The second-order valence-corrected chi connectivity index (χ2v) is 28.8. The zero-order valence-electron chi connectivity index (χ0n) is 88.7. The number of fused-ring (bicyclic) bond motifs is 10. The van der Waals surface area contributed by atoms with Crippen molar-refractivity contribution < 1.29 is 60.1 Å². The van der Waals surface area contributed by atoms with Crippen LogP contribution in [0.1, 0.15) is 175 Å². The average Bonchev–Trinajstić information content (AvgIpc) is 1.51. The number of allylic oxidation sites excluding steroid dienone is 2. The van der Waals surface area contributed by atoms with Gasteiger partial charge in [0.2, 0.25) is 11.5 Å². The molecule has 15 heteroatoms. The van der Waals surface area contributed by atoms with Gasteiger partial charge in [0.15, 0.2) is 5.78 Å². The highest BCUT2D eigenvalue weighted by molar-refractivity contribution is 6.00. The number of carbonyl (C=O) groups excluding carboxylic acids is 2. The van der Waals surface area contributed by atoms with E-state index in [1.165, 1.54) is 28.2 Å². The molecule has 10 atom stereocenters. The van der Waals surface area contributed by atoms with Gasteiger partial charge in [-0.25, -0.2) is 26.4 Å². The molecule has 0 N–H and O–H groups in total. The molecular formula is C92H116N12O3. The van der Waals surface area contributed by atoms with Crippen LogP contribution in [0.3, 0.4) is 0 Å². The molecule has 0 bridgehead atoms. The summed E-state index contributed by atoms with van der Waals surface area (Å²) in [4.78, 5) is 62.7. The van der Waals surface area contributed by atoms with Gasteiger partial charge < -0.3 is 14.2 Å². The zero-order valence-corrected chi connectivity index (χ0v) is 58.7. The zero-order chi connectivity index (χ0) is 101. The monoisotopic (exact) mass is 1500 g/mol. The molecule has 15 nitrogen and oxygen atoms in total. The van der Waals surface area contributed by atoms with Crippen molar-refractivity contribution in [2.24, 2.45) is 29.6 Å². The number of nitrogens with zero attached hydrogens (tertiary/aromatic N) is 12. The number of aromatic nitrogens is 10. The van der Waals surface area contributed by atoms with Gasteiger partial charge in [-0.15, -0.1) is 0 Å². The Morgan fingerprint density at radius 1 is 0.467 bits per heavy atom. The minimum absolute atomic E-state index is 0. The molecule has 13 aromatic rings. The number of para-hydroxylation sites is 3. The van der Waals surface area contributed by atoms with E-state index in [2.05, 4.69) is 184 Å². The standard InChI is InChI=1S/2C30H26N4O.C30H24N4O.2CH4.16H2/c1-20-25-12-13-26-28(30(25,23-8-4-2-5-9-23)18-22-19-32-35-27(20)22)33-29(21-14-16-31-17-15-21)34(26)24-10-6-3-7-11-24;2*1-20-24-13-14-26-28(30(24,19-25(31-2)27(20)35)22-9-5-3-6-10-22)33-29(21-15-17-32-18-16-21)34(26)23-11-7-4-8-12-23;;;;;;;;;;;;;;;;;;/h2-11,14-17,19-20,25H,12-13,18H2,1H3;3-12,15-18,20,24-25H,13-14,19H2,1H3;3-12,15-20,24H,13-14H2,1H3;2*1H4;16*1H/t20-,25-,30+;20-,24-,25?,30+;20-,24-,30+;;;;;;;;;;;;;;;;;;/m000................../s1/i;;;;;15*1+2T;1+2. The molecule has 0 amide bonds. The third kappa shape index (κ3) is 11.5. The molecule has 0 radical (unpaired) electrons. The maximum atomic E-state index is 13.2. The molecule has 0 spiro atoms. The minimum atomic E-state index is -0.654. The van der Waals surface area contributed by atoms with E-state index in [1.54, 1.807) is 24.8 Å². The summed E-state index contributed by atoms with van der Waals surface area (Å²) in [5, 5.41) is 4.20. The summed E-state index contributed by atoms with van der Waals surface area (Å²) in [6, 6.07) is 74.3. The molecule has 7 heterocycles. The van der Waals surface area contributed by atoms with Crippen LogP contribution in [0.4, 0.5) is 0 Å². The third-order valence-corrected chi connectivity index (χ3v) is 23.7. The topological polar surface area (TPSA) is 161 Å².